The molecule has 0 aliphatic rings. The summed E-state index contributed by atoms with van der Waals surface area (Å²) in [6.07, 6.45) is -0.192. The molecule has 2 aromatic heterocycles. The second kappa shape index (κ2) is 7.43. The van der Waals surface area contributed by atoms with Gasteiger partial charge in [0.05, 0.1) is 11.9 Å². The number of nitrogens with one attached hydrogen (secondary N) is 1. The smallest absolute Gasteiger partial charge is 0.266 e. The molecular weight excluding hydrogens is 414 g/mol. The number of benzene rings is 1. The molecule has 9 heteroatoms. The molecule has 2 heterocycles. The number of carbonyl (C=O) groups is 1. The summed E-state index contributed by atoms with van der Waals surface area (Å²) in [7, 11) is 1.49. The maximum absolute atomic E-state index is 12.8. The summed E-state index contributed by atoms with van der Waals surface area (Å²) in [5, 5.41) is 11.4. The first-order chi connectivity index (χ1) is 12.8. The standard InChI is InChI=1S/C18H18BrN5O3/c1-10(2)24-14-8-11(19)4-5-12(14)18(27)13(21-24)9-16(25)20-15-6-7-17(26)23(3)22-15/h4-8,10H,9H2,1-3H3,(H,20,22,25). The van der Waals surface area contributed by atoms with Crippen molar-refractivity contribution in [1.29, 1.82) is 0 Å². The van der Waals surface area contributed by atoms with E-state index in [1.165, 1.54) is 19.2 Å². The number of halogens is 1. The third-order valence-corrected chi connectivity index (χ3v) is 4.48. The van der Waals surface area contributed by atoms with E-state index in [0.29, 0.717) is 10.9 Å². The number of aryl methyl sites for hydroxylation is 1. The maximum atomic E-state index is 12.8. The predicted molar refractivity (Wildman–Crippen MR) is 106 cm³/mol. The lowest BCUT2D eigenvalue weighted by molar-refractivity contribution is -0.115. The zero-order valence-electron chi connectivity index (χ0n) is 15.1. The minimum atomic E-state index is -0.433. The van der Waals surface area contributed by atoms with Gasteiger partial charge >= 0.3 is 0 Å². The lowest BCUT2D eigenvalue weighted by Crippen LogP contribution is -2.26. The molecule has 3 aromatic rings. The molecule has 0 spiro atoms. The van der Waals surface area contributed by atoms with Crippen LogP contribution in [0.2, 0.25) is 0 Å². The van der Waals surface area contributed by atoms with Gasteiger partial charge in [0, 0.05) is 29.0 Å². The number of nitrogens with zero attached hydrogens (tertiary/aromatic N) is 4. The third kappa shape index (κ3) is 3.97. The molecule has 0 unspecified atom stereocenters. The van der Waals surface area contributed by atoms with Crippen molar-refractivity contribution in [3.63, 3.8) is 0 Å². The van der Waals surface area contributed by atoms with Gasteiger partial charge < -0.3 is 5.32 Å². The largest absolute Gasteiger partial charge is 0.309 e. The number of anilines is 1. The number of hydrogen-bond donors (Lipinski definition) is 1. The fourth-order valence-corrected chi connectivity index (χ4v) is 3.04. The molecule has 8 nitrogen and oxygen atoms in total. The number of amides is 1. The van der Waals surface area contributed by atoms with Crippen LogP contribution in [0.3, 0.4) is 0 Å². The van der Waals surface area contributed by atoms with E-state index in [2.05, 4.69) is 31.4 Å². The summed E-state index contributed by atoms with van der Waals surface area (Å²) in [5.74, 6) is -0.200. The highest BCUT2D eigenvalue weighted by molar-refractivity contribution is 9.10. The highest BCUT2D eigenvalue weighted by Gasteiger charge is 2.16. The zero-order chi connectivity index (χ0) is 19.7. The van der Waals surface area contributed by atoms with E-state index in [1.807, 2.05) is 19.9 Å². The van der Waals surface area contributed by atoms with E-state index in [0.717, 1.165) is 9.15 Å². The molecule has 0 radical (unpaired) electrons. The van der Waals surface area contributed by atoms with Gasteiger partial charge in [-0.1, -0.05) is 15.9 Å². The quantitative estimate of drug-likeness (QED) is 0.680. The van der Waals surface area contributed by atoms with Gasteiger partial charge in [0.1, 0.15) is 5.69 Å². The highest BCUT2D eigenvalue weighted by atomic mass is 79.9. The van der Waals surface area contributed by atoms with Crippen LogP contribution >= 0.6 is 15.9 Å². The van der Waals surface area contributed by atoms with Gasteiger partial charge in [0.2, 0.25) is 11.3 Å². The molecule has 0 saturated heterocycles. The first-order valence-electron chi connectivity index (χ1n) is 8.31. The third-order valence-electron chi connectivity index (χ3n) is 3.99. The van der Waals surface area contributed by atoms with Crippen LogP contribution in [0, 0.1) is 0 Å². The van der Waals surface area contributed by atoms with Crippen molar-refractivity contribution in [2.45, 2.75) is 26.3 Å². The number of fused-ring (bicyclic) bond motifs is 1. The molecule has 0 atom stereocenters. The molecule has 27 heavy (non-hydrogen) atoms. The van der Waals surface area contributed by atoms with Crippen LogP contribution in [0.25, 0.3) is 10.9 Å². The molecule has 0 fully saturated rings. The average Bonchev–Trinajstić information content (AvgIpc) is 2.60. The molecule has 0 aliphatic carbocycles. The average molecular weight is 432 g/mol. The maximum Gasteiger partial charge on any atom is 0.266 e. The lowest BCUT2D eigenvalue weighted by atomic mass is 10.1. The van der Waals surface area contributed by atoms with Crippen molar-refractivity contribution in [2.24, 2.45) is 7.05 Å². The van der Waals surface area contributed by atoms with Crippen LogP contribution in [0.1, 0.15) is 25.6 Å². The Morgan fingerprint density at radius 2 is 1.93 bits per heavy atom. The highest BCUT2D eigenvalue weighted by Crippen LogP contribution is 2.20. The number of hydrogen-bond acceptors (Lipinski definition) is 5. The van der Waals surface area contributed by atoms with Gasteiger partial charge in [-0.2, -0.15) is 10.2 Å². The molecule has 1 amide bonds. The van der Waals surface area contributed by atoms with E-state index in [1.54, 1.807) is 16.8 Å². The van der Waals surface area contributed by atoms with E-state index < -0.39 is 5.91 Å². The Labute approximate surface area is 162 Å². The van der Waals surface area contributed by atoms with E-state index >= 15 is 0 Å². The molecule has 0 bridgehead atoms. The molecule has 1 aromatic carbocycles. The Balaban J connectivity index is 1.96. The van der Waals surface area contributed by atoms with Crippen molar-refractivity contribution < 1.29 is 4.79 Å². The van der Waals surface area contributed by atoms with Crippen LogP contribution in [0.4, 0.5) is 5.82 Å². The van der Waals surface area contributed by atoms with Crippen molar-refractivity contribution in [3.8, 4) is 0 Å². The minimum Gasteiger partial charge on any atom is -0.309 e. The Morgan fingerprint density at radius 3 is 2.59 bits per heavy atom. The lowest BCUT2D eigenvalue weighted by Gasteiger charge is -2.15. The van der Waals surface area contributed by atoms with Gasteiger partial charge in [-0.05, 0) is 38.1 Å². The molecular formula is C18H18BrN5O3. The molecule has 3 rings (SSSR count). The fourth-order valence-electron chi connectivity index (χ4n) is 2.69. The van der Waals surface area contributed by atoms with Crippen LogP contribution in [0.5, 0.6) is 0 Å². The van der Waals surface area contributed by atoms with Gasteiger partial charge in [0.15, 0.2) is 5.82 Å². The SMILES string of the molecule is CC(C)n1nc(CC(=O)Nc2ccc(=O)n(C)n2)c(=O)c2ccc(Br)cc21. The first kappa shape index (κ1) is 19.0. The van der Waals surface area contributed by atoms with Crippen LogP contribution in [0.15, 0.2) is 44.4 Å². The summed E-state index contributed by atoms with van der Waals surface area (Å²) in [5.41, 5.74) is 0.294. The Morgan fingerprint density at radius 1 is 1.19 bits per heavy atom. The van der Waals surface area contributed by atoms with Gasteiger partial charge in [-0.15, -0.1) is 0 Å². The van der Waals surface area contributed by atoms with Gasteiger partial charge in [-0.3, -0.25) is 19.1 Å². The van der Waals surface area contributed by atoms with Crippen LogP contribution in [-0.2, 0) is 18.3 Å². The first-order valence-corrected chi connectivity index (χ1v) is 9.10. The van der Waals surface area contributed by atoms with Crippen molar-refractivity contribution in [1.82, 2.24) is 19.6 Å². The summed E-state index contributed by atoms with van der Waals surface area (Å²) >= 11 is 3.41. The van der Waals surface area contributed by atoms with Crippen LogP contribution < -0.4 is 16.3 Å². The van der Waals surface area contributed by atoms with Crippen LogP contribution in [-0.4, -0.2) is 25.5 Å². The van der Waals surface area contributed by atoms with Gasteiger partial charge in [-0.25, -0.2) is 4.68 Å². The normalized spacial score (nSPS) is 11.1. The second-order valence-electron chi connectivity index (χ2n) is 6.38. The van der Waals surface area contributed by atoms with Crippen molar-refractivity contribution in [3.05, 3.63) is 61.1 Å². The van der Waals surface area contributed by atoms with Crippen molar-refractivity contribution >= 4 is 38.6 Å². The number of carbonyl (C=O) groups excluding carboxylic acids is 1. The van der Waals surface area contributed by atoms with Gasteiger partial charge in [0.25, 0.3) is 5.56 Å². The Bertz CT molecular complexity index is 1150. The fraction of sp³-hybridized carbons (Fsp3) is 0.278. The predicted octanol–water partition coefficient (Wildman–Crippen LogP) is 2.01. The van der Waals surface area contributed by atoms with E-state index in [4.69, 9.17) is 0 Å². The summed E-state index contributed by atoms with van der Waals surface area (Å²) in [6.45, 7) is 3.91. The number of rotatable bonds is 4. The molecule has 1 N–H and O–H groups in total. The Kier molecular flexibility index (Phi) is 5.22. The molecule has 140 valence electrons. The minimum absolute atomic E-state index is 0.00882. The summed E-state index contributed by atoms with van der Waals surface area (Å²) in [6, 6.07) is 8.07. The molecule has 0 saturated carbocycles. The van der Waals surface area contributed by atoms with E-state index in [9.17, 15) is 14.4 Å². The van der Waals surface area contributed by atoms with Crippen molar-refractivity contribution in [2.75, 3.05) is 5.32 Å². The molecule has 0 aliphatic heterocycles. The zero-order valence-corrected chi connectivity index (χ0v) is 16.6. The second-order valence-corrected chi connectivity index (χ2v) is 7.30. The number of aromatic nitrogens is 4. The summed E-state index contributed by atoms with van der Waals surface area (Å²) < 4.78 is 3.69. The Hall–Kier alpha value is -2.81. The van der Waals surface area contributed by atoms with E-state index in [-0.39, 0.29) is 35.0 Å². The summed E-state index contributed by atoms with van der Waals surface area (Å²) in [4.78, 5) is 36.5. The monoisotopic (exact) mass is 431 g/mol. The topological polar surface area (TPSA) is 98.9 Å².